The van der Waals surface area contributed by atoms with Gasteiger partial charge in [-0.05, 0) is 49.6 Å². The number of halogens is 1. The number of aryl methyl sites for hydroxylation is 1. The molecule has 0 bridgehead atoms. The summed E-state index contributed by atoms with van der Waals surface area (Å²) in [6.45, 7) is 4.61. The summed E-state index contributed by atoms with van der Waals surface area (Å²) < 4.78 is 5.32. The monoisotopic (exact) mass is 213 g/mol. The number of hydrogen-bond acceptors (Lipinski definition) is 2. The highest BCUT2D eigenvalue weighted by atomic mass is 35.5. The number of hydrogen-bond donors (Lipinski definition) is 1. The van der Waals surface area contributed by atoms with Crippen molar-refractivity contribution in [2.75, 3.05) is 13.7 Å². The number of methoxy groups -OCH3 is 1. The molecule has 1 aromatic carbocycles. The van der Waals surface area contributed by atoms with Gasteiger partial charge >= 0.3 is 0 Å². The van der Waals surface area contributed by atoms with Crippen molar-refractivity contribution in [2.24, 2.45) is 5.73 Å². The van der Waals surface area contributed by atoms with Gasteiger partial charge in [-0.1, -0.05) is 11.6 Å². The van der Waals surface area contributed by atoms with Crippen LogP contribution in [0.5, 0.6) is 5.75 Å². The van der Waals surface area contributed by atoms with Gasteiger partial charge in [-0.25, -0.2) is 0 Å². The van der Waals surface area contributed by atoms with Crippen LogP contribution in [0.1, 0.15) is 16.7 Å². The summed E-state index contributed by atoms with van der Waals surface area (Å²) in [5, 5.41) is 0.784. The number of nitrogens with two attached hydrogens (primary N) is 1. The van der Waals surface area contributed by atoms with Crippen molar-refractivity contribution in [3.05, 3.63) is 27.8 Å². The van der Waals surface area contributed by atoms with Crippen LogP contribution in [-0.4, -0.2) is 13.7 Å². The van der Waals surface area contributed by atoms with Gasteiger partial charge in [-0.15, -0.1) is 0 Å². The molecule has 0 aliphatic rings. The van der Waals surface area contributed by atoms with Crippen LogP contribution in [0.3, 0.4) is 0 Å². The zero-order valence-electron chi connectivity index (χ0n) is 8.86. The molecule has 3 heteroatoms. The van der Waals surface area contributed by atoms with Crippen LogP contribution >= 0.6 is 11.6 Å². The van der Waals surface area contributed by atoms with Crippen LogP contribution < -0.4 is 10.5 Å². The van der Waals surface area contributed by atoms with E-state index in [2.05, 4.69) is 0 Å². The Balaban J connectivity index is 3.28. The molecule has 0 unspecified atom stereocenters. The van der Waals surface area contributed by atoms with E-state index in [1.54, 1.807) is 7.11 Å². The van der Waals surface area contributed by atoms with Crippen molar-refractivity contribution in [1.29, 1.82) is 0 Å². The highest BCUT2D eigenvalue weighted by Crippen LogP contribution is 2.31. The molecule has 0 spiro atoms. The molecule has 2 N–H and O–H groups in total. The second-order valence-electron chi connectivity index (χ2n) is 3.35. The van der Waals surface area contributed by atoms with Crippen LogP contribution in [0.2, 0.25) is 5.02 Å². The zero-order valence-corrected chi connectivity index (χ0v) is 9.61. The second-order valence-corrected chi connectivity index (χ2v) is 3.76. The number of rotatable bonds is 3. The van der Waals surface area contributed by atoms with Crippen LogP contribution in [0.15, 0.2) is 6.07 Å². The fourth-order valence-electron chi connectivity index (χ4n) is 1.72. The number of ether oxygens (including phenoxy) is 1. The second kappa shape index (κ2) is 4.67. The van der Waals surface area contributed by atoms with E-state index in [4.69, 9.17) is 22.1 Å². The highest BCUT2D eigenvalue weighted by Gasteiger charge is 2.11. The van der Waals surface area contributed by atoms with Crippen molar-refractivity contribution >= 4 is 11.6 Å². The normalized spacial score (nSPS) is 10.4. The van der Waals surface area contributed by atoms with Gasteiger partial charge < -0.3 is 10.5 Å². The summed E-state index contributed by atoms with van der Waals surface area (Å²) in [4.78, 5) is 0. The van der Waals surface area contributed by atoms with E-state index in [0.29, 0.717) is 6.54 Å². The van der Waals surface area contributed by atoms with Gasteiger partial charge in [-0.3, -0.25) is 0 Å². The lowest BCUT2D eigenvalue weighted by Gasteiger charge is -2.14. The lowest BCUT2D eigenvalue weighted by atomic mass is 10.0. The molecule has 0 atom stereocenters. The SMILES string of the molecule is COc1c(C)cc(Cl)c(CCN)c1C. The molecule has 0 aliphatic heterocycles. The maximum atomic E-state index is 6.13. The molecule has 0 amide bonds. The van der Waals surface area contributed by atoms with Gasteiger partial charge in [0.25, 0.3) is 0 Å². The molecule has 0 aromatic heterocycles. The third-order valence-corrected chi connectivity index (χ3v) is 2.72. The quantitative estimate of drug-likeness (QED) is 0.837. The van der Waals surface area contributed by atoms with Crippen LogP contribution in [0.4, 0.5) is 0 Å². The first-order valence-electron chi connectivity index (χ1n) is 4.64. The van der Waals surface area contributed by atoms with E-state index in [0.717, 1.165) is 33.9 Å². The van der Waals surface area contributed by atoms with Crippen molar-refractivity contribution in [3.8, 4) is 5.75 Å². The van der Waals surface area contributed by atoms with Gasteiger partial charge in [-0.2, -0.15) is 0 Å². The fraction of sp³-hybridized carbons (Fsp3) is 0.455. The first-order valence-corrected chi connectivity index (χ1v) is 5.02. The Hall–Kier alpha value is -0.730. The molecule has 0 saturated carbocycles. The predicted octanol–water partition coefficient (Wildman–Crippen LogP) is 2.47. The maximum absolute atomic E-state index is 6.13. The van der Waals surface area contributed by atoms with E-state index < -0.39 is 0 Å². The van der Waals surface area contributed by atoms with Crippen LogP contribution in [0.25, 0.3) is 0 Å². The summed E-state index contributed by atoms with van der Waals surface area (Å²) in [6, 6.07) is 1.93. The molecule has 78 valence electrons. The first-order chi connectivity index (χ1) is 6.61. The molecular weight excluding hydrogens is 198 g/mol. The van der Waals surface area contributed by atoms with E-state index in [1.807, 2.05) is 19.9 Å². The zero-order chi connectivity index (χ0) is 10.7. The van der Waals surface area contributed by atoms with Gasteiger partial charge in [0.1, 0.15) is 5.75 Å². The van der Waals surface area contributed by atoms with Crippen molar-refractivity contribution in [3.63, 3.8) is 0 Å². The minimum absolute atomic E-state index is 0.604. The Kier molecular flexibility index (Phi) is 3.78. The minimum Gasteiger partial charge on any atom is -0.496 e. The lowest BCUT2D eigenvalue weighted by molar-refractivity contribution is 0.408. The van der Waals surface area contributed by atoms with Crippen molar-refractivity contribution in [2.45, 2.75) is 20.3 Å². The Labute approximate surface area is 90.0 Å². The minimum atomic E-state index is 0.604. The Bertz CT molecular complexity index is 337. The average molecular weight is 214 g/mol. The standard InChI is InChI=1S/C11H16ClNO/c1-7-6-10(12)9(4-5-13)8(2)11(7)14-3/h6H,4-5,13H2,1-3H3. The fourth-order valence-corrected chi connectivity index (χ4v) is 2.12. The molecule has 14 heavy (non-hydrogen) atoms. The lowest BCUT2D eigenvalue weighted by Crippen LogP contribution is -2.06. The van der Waals surface area contributed by atoms with Crippen molar-refractivity contribution in [1.82, 2.24) is 0 Å². The molecule has 0 radical (unpaired) electrons. The summed E-state index contributed by atoms with van der Waals surface area (Å²) >= 11 is 6.13. The van der Waals surface area contributed by atoms with Gasteiger partial charge in [0.15, 0.2) is 0 Å². The largest absolute Gasteiger partial charge is 0.496 e. The Morgan fingerprint density at radius 1 is 1.43 bits per heavy atom. The average Bonchev–Trinajstić information content (AvgIpc) is 2.12. The third-order valence-electron chi connectivity index (χ3n) is 2.38. The van der Waals surface area contributed by atoms with Crippen LogP contribution in [0, 0.1) is 13.8 Å². The van der Waals surface area contributed by atoms with E-state index >= 15 is 0 Å². The molecule has 0 fully saturated rings. The highest BCUT2D eigenvalue weighted by molar-refractivity contribution is 6.31. The molecule has 0 saturated heterocycles. The summed E-state index contributed by atoms with van der Waals surface area (Å²) in [7, 11) is 1.68. The Morgan fingerprint density at radius 3 is 2.57 bits per heavy atom. The smallest absolute Gasteiger partial charge is 0.125 e. The topological polar surface area (TPSA) is 35.2 Å². The molecule has 0 heterocycles. The maximum Gasteiger partial charge on any atom is 0.125 e. The molecule has 1 aromatic rings. The molecule has 2 nitrogen and oxygen atoms in total. The van der Waals surface area contributed by atoms with E-state index in [-0.39, 0.29) is 0 Å². The molecular formula is C11H16ClNO. The molecule has 0 aliphatic carbocycles. The van der Waals surface area contributed by atoms with E-state index in [9.17, 15) is 0 Å². The van der Waals surface area contributed by atoms with Gasteiger partial charge in [0.2, 0.25) is 0 Å². The van der Waals surface area contributed by atoms with Crippen LogP contribution in [-0.2, 0) is 6.42 Å². The van der Waals surface area contributed by atoms with Crippen molar-refractivity contribution < 1.29 is 4.74 Å². The summed E-state index contributed by atoms with van der Waals surface area (Å²) in [5.74, 6) is 0.915. The Morgan fingerprint density at radius 2 is 2.07 bits per heavy atom. The van der Waals surface area contributed by atoms with E-state index in [1.165, 1.54) is 0 Å². The van der Waals surface area contributed by atoms with Gasteiger partial charge in [0, 0.05) is 5.02 Å². The molecule has 1 rings (SSSR count). The predicted molar refractivity (Wildman–Crippen MR) is 60.2 cm³/mol. The summed E-state index contributed by atoms with van der Waals surface area (Å²) in [5.41, 5.74) is 8.79. The third kappa shape index (κ3) is 2.02. The summed E-state index contributed by atoms with van der Waals surface area (Å²) in [6.07, 6.45) is 0.793. The first kappa shape index (κ1) is 11.3. The number of benzene rings is 1. The van der Waals surface area contributed by atoms with Gasteiger partial charge in [0.05, 0.1) is 7.11 Å².